The Kier molecular flexibility index (Phi) is 4.45. The van der Waals surface area contributed by atoms with Crippen molar-refractivity contribution in [3.63, 3.8) is 0 Å². The summed E-state index contributed by atoms with van der Waals surface area (Å²) in [4.78, 5) is 9.60. The van der Waals surface area contributed by atoms with Gasteiger partial charge in [-0.1, -0.05) is 19.9 Å². The molecule has 106 valence electrons. The van der Waals surface area contributed by atoms with Crippen molar-refractivity contribution in [1.82, 2.24) is 0 Å². The fourth-order valence-electron chi connectivity index (χ4n) is 1.85. The maximum atomic E-state index is 9.60. The zero-order chi connectivity index (χ0) is 14.7. The van der Waals surface area contributed by atoms with E-state index < -0.39 is 0 Å². The predicted octanol–water partition coefficient (Wildman–Crippen LogP) is 2.93. The number of carbonyl (C=O) groups excluding carboxylic acids is 1. The molecule has 1 aromatic carbocycles. The molecule has 0 spiro atoms. The third-order valence-electron chi connectivity index (χ3n) is 2.90. The van der Waals surface area contributed by atoms with E-state index in [9.17, 15) is 4.79 Å². The summed E-state index contributed by atoms with van der Waals surface area (Å²) in [6.45, 7) is 11.4. The molecule has 0 radical (unpaired) electrons. The molecule has 4 nitrogen and oxygen atoms in total. The van der Waals surface area contributed by atoms with Crippen molar-refractivity contribution in [2.75, 3.05) is 17.6 Å². The smallest absolute Gasteiger partial charge is 0.293 e. The molecule has 0 unspecified atom stereocenters. The molecule has 0 bridgehead atoms. The predicted molar refractivity (Wildman–Crippen MR) is 79.3 cm³/mol. The molecule has 1 heterocycles. The molecule has 1 aliphatic rings. The second kappa shape index (κ2) is 5.51. The number of nitrogen functional groups attached to an aromatic ring is 1. The topological polar surface area (TPSA) is 64.3 Å². The lowest BCUT2D eigenvalue weighted by Crippen LogP contribution is -2.18. The molecule has 4 heteroatoms. The summed E-state index contributed by atoms with van der Waals surface area (Å²) >= 11 is 0. The van der Waals surface area contributed by atoms with Crippen molar-refractivity contribution in [1.29, 1.82) is 0 Å². The summed E-state index contributed by atoms with van der Waals surface area (Å²) in [5, 5.41) is 3.35. The minimum atomic E-state index is -0.318. The molecule has 0 fully saturated rings. The number of hydrogen-bond acceptors (Lipinski definition) is 4. The van der Waals surface area contributed by atoms with Crippen molar-refractivity contribution < 1.29 is 9.53 Å². The normalized spacial score (nSPS) is 15.6. The first kappa shape index (κ1) is 15.3. The number of ether oxygens (including phenoxy) is 1. The second-order valence-electron chi connectivity index (χ2n) is 6.37. The summed E-state index contributed by atoms with van der Waals surface area (Å²) in [5.41, 5.74) is 9.01. The van der Waals surface area contributed by atoms with Gasteiger partial charge in [-0.25, -0.2) is 0 Å². The van der Waals surface area contributed by atoms with Crippen LogP contribution in [0.3, 0.4) is 0 Å². The second-order valence-corrected chi connectivity index (χ2v) is 6.37. The molecular weight excluding hydrogens is 240 g/mol. The molecule has 2 rings (SSSR count). The van der Waals surface area contributed by atoms with Crippen LogP contribution in [0.4, 0.5) is 11.4 Å². The van der Waals surface area contributed by atoms with Crippen LogP contribution in [-0.2, 0) is 14.9 Å². The van der Waals surface area contributed by atoms with E-state index in [4.69, 9.17) is 5.73 Å². The van der Waals surface area contributed by atoms with Gasteiger partial charge in [0.05, 0.1) is 0 Å². The number of fused-ring (bicyclic) bond motifs is 1. The molecule has 0 aliphatic carbocycles. The standard InChI is InChI=1S/C10H14N2.C5H10O2/c1-10(2)6-12-9-5-7(11)3-4-8(9)10;1-5(2,3)7-4-6/h3-5,12H,6,11H2,1-2H3;4H,1-3H3. The van der Waals surface area contributed by atoms with Crippen LogP contribution in [0, 0.1) is 0 Å². The van der Waals surface area contributed by atoms with Crippen molar-refractivity contribution >= 4 is 17.8 Å². The highest BCUT2D eigenvalue weighted by Crippen LogP contribution is 2.36. The van der Waals surface area contributed by atoms with E-state index in [2.05, 4.69) is 30.0 Å². The number of benzene rings is 1. The van der Waals surface area contributed by atoms with Crippen LogP contribution >= 0.6 is 0 Å². The van der Waals surface area contributed by atoms with Gasteiger partial charge >= 0.3 is 0 Å². The Morgan fingerprint density at radius 3 is 2.47 bits per heavy atom. The first-order chi connectivity index (χ1) is 8.65. The van der Waals surface area contributed by atoms with E-state index in [1.807, 2.05) is 32.9 Å². The van der Waals surface area contributed by atoms with E-state index in [1.165, 1.54) is 11.3 Å². The monoisotopic (exact) mass is 264 g/mol. The van der Waals surface area contributed by atoms with Gasteiger partial charge in [-0.05, 0) is 38.5 Å². The number of rotatable bonds is 1. The molecule has 1 aliphatic heterocycles. The Bertz CT molecular complexity index is 448. The maximum Gasteiger partial charge on any atom is 0.293 e. The van der Waals surface area contributed by atoms with E-state index in [0.29, 0.717) is 6.47 Å². The van der Waals surface area contributed by atoms with Gasteiger partial charge in [-0.3, -0.25) is 4.79 Å². The summed E-state index contributed by atoms with van der Waals surface area (Å²) in [7, 11) is 0. The van der Waals surface area contributed by atoms with Gasteiger partial charge in [-0.15, -0.1) is 0 Å². The summed E-state index contributed by atoms with van der Waals surface area (Å²) < 4.78 is 4.55. The molecule has 0 saturated carbocycles. The number of anilines is 2. The summed E-state index contributed by atoms with van der Waals surface area (Å²) in [5.74, 6) is 0. The van der Waals surface area contributed by atoms with E-state index in [1.54, 1.807) is 0 Å². The fourth-order valence-corrected chi connectivity index (χ4v) is 1.85. The van der Waals surface area contributed by atoms with Crippen molar-refractivity contribution in [3.8, 4) is 0 Å². The van der Waals surface area contributed by atoms with E-state index >= 15 is 0 Å². The Hall–Kier alpha value is -1.71. The lowest BCUT2D eigenvalue weighted by Gasteiger charge is -2.16. The van der Waals surface area contributed by atoms with Gasteiger partial charge < -0.3 is 15.8 Å². The Balaban J connectivity index is 0.000000224. The first-order valence-corrected chi connectivity index (χ1v) is 6.41. The van der Waals surface area contributed by atoms with Crippen LogP contribution in [0.1, 0.15) is 40.2 Å². The number of nitrogens with one attached hydrogen (secondary N) is 1. The lowest BCUT2D eigenvalue weighted by atomic mass is 9.87. The molecule has 0 atom stereocenters. The van der Waals surface area contributed by atoms with Crippen molar-refractivity contribution in [2.24, 2.45) is 0 Å². The van der Waals surface area contributed by atoms with Crippen molar-refractivity contribution in [2.45, 2.75) is 45.6 Å². The molecule has 19 heavy (non-hydrogen) atoms. The summed E-state index contributed by atoms with van der Waals surface area (Å²) in [6, 6.07) is 6.09. The zero-order valence-corrected chi connectivity index (χ0v) is 12.4. The van der Waals surface area contributed by atoms with Crippen LogP contribution in [0.2, 0.25) is 0 Å². The van der Waals surface area contributed by atoms with Crippen LogP contribution in [0.25, 0.3) is 0 Å². The molecule has 3 N–H and O–H groups in total. The molecule has 0 saturated heterocycles. The van der Waals surface area contributed by atoms with Crippen LogP contribution in [0.15, 0.2) is 18.2 Å². The highest BCUT2D eigenvalue weighted by molar-refractivity contribution is 5.65. The van der Waals surface area contributed by atoms with Gasteiger partial charge in [0.2, 0.25) is 0 Å². The van der Waals surface area contributed by atoms with Crippen LogP contribution in [0.5, 0.6) is 0 Å². The van der Waals surface area contributed by atoms with Crippen LogP contribution in [-0.4, -0.2) is 18.6 Å². The first-order valence-electron chi connectivity index (χ1n) is 6.41. The van der Waals surface area contributed by atoms with Gasteiger partial charge in [0, 0.05) is 23.3 Å². The summed E-state index contributed by atoms with van der Waals surface area (Å²) in [6.07, 6.45) is 0. The van der Waals surface area contributed by atoms with Gasteiger partial charge in [0.1, 0.15) is 5.60 Å². The molecular formula is C15H24N2O2. The molecule has 1 aromatic rings. The highest BCUT2D eigenvalue weighted by atomic mass is 16.5. The lowest BCUT2D eigenvalue weighted by molar-refractivity contribution is -0.138. The van der Waals surface area contributed by atoms with Crippen molar-refractivity contribution in [3.05, 3.63) is 23.8 Å². The molecule has 0 aromatic heterocycles. The Morgan fingerprint density at radius 2 is 2.00 bits per heavy atom. The fraction of sp³-hybridized carbons (Fsp3) is 0.533. The number of nitrogens with two attached hydrogens (primary N) is 1. The average molecular weight is 264 g/mol. The third-order valence-corrected chi connectivity index (χ3v) is 2.90. The minimum Gasteiger partial charge on any atom is -0.462 e. The highest BCUT2D eigenvalue weighted by Gasteiger charge is 2.29. The average Bonchev–Trinajstić information content (AvgIpc) is 2.53. The Morgan fingerprint density at radius 1 is 1.37 bits per heavy atom. The van der Waals surface area contributed by atoms with E-state index in [0.717, 1.165) is 12.2 Å². The van der Waals surface area contributed by atoms with Crippen LogP contribution < -0.4 is 11.1 Å². The van der Waals surface area contributed by atoms with Gasteiger partial charge in [0.15, 0.2) is 0 Å². The van der Waals surface area contributed by atoms with E-state index in [-0.39, 0.29) is 11.0 Å². The zero-order valence-electron chi connectivity index (χ0n) is 12.4. The third kappa shape index (κ3) is 4.47. The van der Waals surface area contributed by atoms with Gasteiger partial charge in [-0.2, -0.15) is 0 Å². The van der Waals surface area contributed by atoms with Gasteiger partial charge in [0.25, 0.3) is 6.47 Å². The quantitative estimate of drug-likeness (QED) is 0.604. The largest absolute Gasteiger partial charge is 0.462 e. The SMILES string of the molecule is CC(C)(C)OC=O.CC1(C)CNc2cc(N)ccc21. The molecule has 0 amide bonds. The number of hydrogen-bond donors (Lipinski definition) is 2. The Labute approximate surface area is 115 Å². The number of carbonyl (C=O) groups is 1. The maximum absolute atomic E-state index is 9.60. The minimum absolute atomic E-state index is 0.253.